The SMILES string of the molecule is CN=C(NCCCOC)NCCN1CCCCC1C. The van der Waals surface area contributed by atoms with Crippen molar-refractivity contribution in [1.82, 2.24) is 15.5 Å². The average Bonchev–Trinajstić information content (AvgIpc) is 2.43. The molecule has 0 spiro atoms. The molecule has 5 heteroatoms. The van der Waals surface area contributed by atoms with E-state index in [2.05, 4.69) is 27.4 Å². The van der Waals surface area contributed by atoms with Crippen LogP contribution >= 0.6 is 0 Å². The van der Waals surface area contributed by atoms with Gasteiger partial charge in [-0.2, -0.15) is 0 Å². The van der Waals surface area contributed by atoms with Gasteiger partial charge in [-0.1, -0.05) is 6.42 Å². The van der Waals surface area contributed by atoms with Crippen molar-refractivity contribution < 1.29 is 4.74 Å². The van der Waals surface area contributed by atoms with E-state index in [0.29, 0.717) is 0 Å². The summed E-state index contributed by atoms with van der Waals surface area (Å²) in [6.45, 7) is 7.30. The van der Waals surface area contributed by atoms with Gasteiger partial charge >= 0.3 is 0 Å². The third-order valence-electron chi connectivity index (χ3n) is 3.67. The molecule has 1 atom stereocenters. The van der Waals surface area contributed by atoms with E-state index in [-0.39, 0.29) is 0 Å². The quantitative estimate of drug-likeness (QED) is 0.413. The second-order valence-corrected chi connectivity index (χ2v) is 5.15. The number of hydrogen-bond donors (Lipinski definition) is 2. The van der Waals surface area contributed by atoms with Crippen LogP contribution in [0, 0.1) is 0 Å². The fraction of sp³-hybridized carbons (Fsp3) is 0.929. The highest BCUT2D eigenvalue weighted by Gasteiger charge is 2.17. The lowest BCUT2D eigenvalue weighted by Crippen LogP contribution is -2.45. The number of methoxy groups -OCH3 is 1. The normalized spacial score (nSPS) is 21.4. The highest BCUT2D eigenvalue weighted by atomic mass is 16.5. The number of ether oxygens (including phenoxy) is 1. The molecule has 0 aromatic rings. The maximum atomic E-state index is 5.02. The fourth-order valence-corrected chi connectivity index (χ4v) is 2.45. The van der Waals surface area contributed by atoms with Crippen molar-refractivity contribution in [2.24, 2.45) is 4.99 Å². The maximum absolute atomic E-state index is 5.02. The van der Waals surface area contributed by atoms with E-state index in [4.69, 9.17) is 4.74 Å². The average molecular weight is 270 g/mol. The zero-order valence-corrected chi connectivity index (χ0v) is 12.7. The van der Waals surface area contributed by atoms with Crippen LogP contribution in [0.3, 0.4) is 0 Å². The van der Waals surface area contributed by atoms with E-state index >= 15 is 0 Å². The Morgan fingerprint density at radius 1 is 1.32 bits per heavy atom. The van der Waals surface area contributed by atoms with Crippen molar-refractivity contribution in [1.29, 1.82) is 0 Å². The minimum absolute atomic E-state index is 0.729. The van der Waals surface area contributed by atoms with E-state index < -0.39 is 0 Å². The lowest BCUT2D eigenvalue weighted by molar-refractivity contribution is 0.163. The number of rotatable bonds is 7. The van der Waals surface area contributed by atoms with Crippen molar-refractivity contribution in [2.75, 3.05) is 46.9 Å². The number of hydrogen-bond acceptors (Lipinski definition) is 3. The van der Waals surface area contributed by atoms with E-state index in [1.54, 1.807) is 7.11 Å². The Bertz CT molecular complexity index is 258. The molecule has 1 heterocycles. The Morgan fingerprint density at radius 3 is 2.79 bits per heavy atom. The number of guanidine groups is 1. The fourth-order valence-electron chi connectivity index (χ4n) is 2.45. The second kappa shape index (κ2) is 10.0. The smallest absolute Gasteiger partial charge is 0.191 e. The summed E-state index contributed by atoms with van der Waals surface area (Å²) in [5.74, 6) is 0.890. The molecule has 112 valence electrons. The molecule has 0 aromatic carbocycles. The number of piperidine rings is 1. The minimum atomic E-state index is 0.729. The molecule has 2 N–H and O–H groups in total. The summed E-state index contributed by atoms with van der Waals surface area (Å²) in [6, 6.07) is 0.729. The number of nitrogens with zero attached hydrogens (tertiary/aromatic N) is 2. The van der Waals surface area contributed by atoms with Gasteiger partial charge in [-0.05, 0) is 32.7 Å². The minimum Gasteiger partial charge on any atom is -0.385 e. The Morgan fingerprint density at radius 2 is 2.11 bits per heavy atom. The van der Waals surface area contributed by atoms with Crippen LogP contribution in [0.15, 0.2) is 4.99 Å². The Balaban J connectivity index is 2.11. The van der Waals surface area contributed by atoms with Crippen LogP contribution in [-0.2, 0) is 4.74 Å². The topological polar surface area (TPSA) is 48.9 Å². The van der Waals surface area contributed by atoms with Crippen LogP contribution in [0.4, 0.5) is 0 Å². The highest BCUT2D eigenvalue weighted by Crippen LogP contribution is 2.15. The molecule has 5 nitrogen and oxygen atoms in total. The molecule has 1 unspecified atom stereocenters. The van der Waals surface area contributed by atoms with E-state index in [1.165, 1.54) is 25.8 Å². The summed E-state index contributed by atoms with van der Waals surface area (Å²) >= 11 is 0. The van der Waals surface area contributed by atoms with E-state index in [1.807, 2.05) is 7.05 Å². The van der Waals surface area contributed by atoms with Gasteiger partial charge in [0.1, 0.15) is 0 Å². The van der Waals surface area contributed by atoms with Crippen molar-refractivity contribution >= 4 is 5.96 Å². The standard InChI is InChI=1S/C14H30N4O/c1-13-7-4-5-10-18(13)11-9-17-14(15-2)16-8-6-12-19-3/h13H,4-12H2,1-3H3,(H2,15,16,17). The molecule has 0 saturated carbocycles. The van der Waals surface area contributed by atoms with Crippen molar-refractivity contribution in [3.05, 3.63) is 0 Å². The number of aliphatic imine (C=N–C) groups is 1. The molecular weight excluding hydrogens is 240 g/mol. The summed E-state index contributed by atoms with van der Waals surface area (Å²) < 4.78 is 5.02. The van der Waals surface area contributed by atoms with Crippen LogP contribution in [0.2, 0.25) is 0 Å². The monoisotopic (exact) mass is 270 g/mol. The Hall–Kier alpha value is -0.810. The first kappa shape index (κ1) is 16.2. The van der Waals surface area contributed by atoms with Gasteiger partial charge in [0.2, 0.25) is 0 Å². The van der Waals surface area contributed by atoms with Gasteiger partial charge in [0.25, 0.3) is 0 Å². The van der Waals surface area contributed by atoms with Crippen LogP contribution in [-0.4, -0.2) is 63.8 Å². The number of likely N-dealkylation sites (tertiary alicyclic amines) is 1. The first-order valence-corrected chi connectivity index (χ1v) is 7.45. The third-order valence-corrected chi connectivity index (χ3v) is 3.67. The summed E-state index contributed by atoms with van der Waals surface area (Å²) in [4.78, 5) is 6.79. The van der Waals surface area contributed by atoms with Crippen LogP contribution in [0.5, 0.6) is 0 Å². The molecule has 1 saturated heterocycles. The lowest BCUT2D eigenvalue weighted by atomic mass is 10.0. The maximum Gasteiger partial charge on any atom is 0.191 e. The first-order valence-electron chi connectivity index (χ1n) is 7.45. The van der Waals surface area contributed by atoms with Gasteiger partial charge in [0.15, 0.2) is 5.96 Å². The Labute approximate surface area is 117 Å². The summed E-state index contributed by atoms with van der Waals surface area (Å²) in [5, 5.41) is 6.66. The first-order chi connectivity index (χ1) is 9.27. The zero-order valence-electron chi connectivity index (χ0n) is 12.7. The molecule has 0 aromatic heterocycles. The van der Waals surface area contributed by atoms with Crippen LogP contribution in [0.1, 0.15) is 32.6 Å². The second-order valence-electron chi connectivity index (χ2n) is 5.15. The summed E-state index contributed by atoms with van der Waals surface area (Å²) in [5.41, 5.74) is 0. The highest BCUT2D eigenvalue weighted by molar-refractivity contribution is 5.79. The molecule has 1 aliphatic rings. The molecule has 1 rings (SSSR count). The van der Waals surface area contributed by atoms with Gasteiger partial charge in [0.05, 0.1) is 0 Å². The molecule has 0 bridgehead atoms. The van der Waals surface area contributed by atoms with Gasteiger partial charge in [-0.3, -0.25) is 9.89 Å². The van der Waals surface area contributed by atoms with Crippen LogP contribution < -0.4 is 10.6 Å². The summed E-state index contributed by atoms with van der Waals surface area (Å²) in [6.07, 6.45) is 5.06. The zero-order chi connectivity index (χ0) is 13.9. The Kier molecular flexibility index (Phi) is 8.58. The van der Waals surface area contributed by atoms with Crippen molar-refractivity contribution in [3.63, 3.8) is 0 Å². The molecule has 0 aliphatic carbocycles. The van der Waals surface area contributed by atoms with Crippen LogP contribution in [0.25, 0.3) is 0 Å². The molecule has 0 amide bonds. The van der Waals surface area contributed by atoms with Gasteiger partial charge in [-0.15, -0.1) is 0 Å². The molecule has 1 aliphatic heterocycles. The van der Waals surface area contributed by atoms with E-state index in [9.17, 15) is 0 Å². The van der Waals surface area contributed by atoms with E-state index in [0.717, 1.165) is 44.7 Å². The predicted molar refractivity (Wildman–Crippen MR) is 80.7 cm³/mol. The molecule has 0 radical (unpaired) electrons. The largest absolute Gasteiger partial charge is 0.385 e. The van der Waals surface area contributed by atoms with Crippen molar-refractivity contribution in [3.8, 4) is 0 Å². The molecule has 1 fully saturated rings. The van der Waals surface area contributed by atoms with Gasteiger partial charge in [-0.25, -0.2) is 0 Å². The summed E-state index contributed by atoms with van der Waals surface area (Å²) in [7, 11) is 3.54. The van der Waals surface area contributed by atoms with Crippen molar-refractivity contribution in [2.45, 2.75) is 38.6 Å². The molecule has 19 heavy (non-hydrogen) atoms. The van der Waals surface area contributed by atoms with Gasteiger partial charge < -0.3 is 15.4 Å². The third kappa shape index (κ3) is 6.78. The lowest BCUT2D eigenvalue weighted by Gasteiger charge is -2.33. The molecular formula is C14H30N4O. The number of nitrogens with one attached hydrogen (secondary N) is 2. The predicted octanol–water partition coefficient (Wildman–Crippen LogP) is 1.06. The van der Waals surface area contributed by atoms with Gasteiger partial charge in [0, 0.05) is 46.4 Å².